The second-order valence-electron chi connectivity index (χ2n) is 3.72. The first-order chi connectivity index (χ1) is 6.20. The quantitative estimate of drug-likeness (QED) is 0.474. The second-order valence-corrected chi connectivity index (χ2v) is 3.72. The van der Waals surface area contributed by atoms with Crippen LogP contribution in [0.25, 0.3) is 11.0 Å². The summed E-state index contributed by atoms with van der Waals surface area (Å²) in [5.41, 5.74) is 2.59. The average Bonchev–Trinajstić information content (AvgIpc) is 2.45. The Hall–Kier alpha value is -0.580. The van der Waals surface area contributed by atoms with E-state index in [-0.39, 0.29) is 24.0 Å². The first-order valence-corrected chi connectivity index (χ1v) is 4.65. The zero-order chi connectivity index (χ0) is 9.42. The number of fused-ring (bicyclic) bond motifs is 1. The smallest absolute Gasteiger partial charge is 0.244 e. The minimum atomic E-state index is 0. The van der Waals surface area contributed by atoms with Gasteiger partial charge in [-0.1, -0.05) is 12.1 Å². The van der Waals surface area contributed by atoms with Crippen LogP contribution >= 0.6 is 0 Å². The summed E-state index contributed by atoms with van der Waals surface area (Å²) < 4.78 is 4.45. The van der Waals surface area contributed by atoms with Crippen molar-refractivity contribution >= 4 is 11.0 Å². The number of rotatable bonds is 1. The Morgan fingerprint density at radius 1 is 1.21 bits per heavy atom. The van der Waals surface area contributed by atoms with Gasteiger partial charge in [0.2, 0.25) is 6.33 Å². The highest BCUT2D eigenvalue weighted by Gasteiger charge is 2.13. The van der Waals surface area contributed by atoms with Crippen LogP contribution in [0.4, 0.5) is 0 Å². The summed E-state index contributed by atoms with van der Waals surface area (Å²) in [5, 5.41) is 0. The number of nitrogens with zero attached hydrogens (tertiary/aromatic N) is 2. The van der Waals surface area contributed by atoms with Crippen LogP contribution < -0.4 is 28.5 Å². The Morgan fingerprint density at radius 3 is 2.50 bits per heavy atom. The molecule has 14 heavy (non-hydrogen) atoms. The summed E-state index contributed by atoms with van der Waals surface area (Å²) in [5.74, 6) is 0. The lowest BCUT2D eigenvalue weighted by atomic mass is 10.3. The maximum Gasteiger partial charge on any atom is 0.244 e. The van der Waals surface area contributed by atoms with Crippen LogP contribution in [-0.2, 0) is 7.05 Å². The molecule has 1 aromatic heterocycles. The summed E-state index contributed by atoms with van der Waals surface area (Å²) in [4.78, 5) is 0. The van der Waals surface area contributed by atoms with Gasteiger partial charge < -0.3 is 24.0 Å². The minimum absolute atomic E-state index is 0. The Labute approximate surface area is 102 Å². The van der Waals surface area contributed by atoms with Crippen LogP contribution in [0.2, 0.25) is 0 Å². The van der Waals surface area contributed by atoms with Crippen molar-refractivity contribution < 1.29 is 28.5 Å². The number of aryl methyl sites for hydroxylation is 1. The monoisotopic (exact) mass is 302 g/mol. The molecule has 0 fully saturated rings. The third-order valence-corrected chi connectivity index (χ3v) is 2.39. The van der Waals surface area contributed by atoms with Gasteiger partial charge in [0.1, 0.15) is 0 Å². The van der Waals surface area contributed by atoms with Gasteiger partial charge in [0.25, 0.3) is 0 Å². The van der Waals surface area contributed by atoms with Gasteiger partial charge in [0, 0.05) is 0 Å². The highest BCUT2D eigenvalue weighted by Crippen LogP contribution is 2.14. The highest BCUT2D eigenvalue weighted by atomic mass is 127. The SMILES string of the molecule is CC(C)n1c[n+](C)c2ccccc21.[I-]. The molecule has 0 aliphatic heterocycles. The summed E-state index contributed by atoms with van der Waals surface area (Å²) in [6.07, 6.45) is 2.15. The van der Waals surface area contributed by atoms with Crippen LogP contribution in [-0.4, -0.2) is 4.57 Å². The van der Waals surface area contributed by atoms with E-state index in [0.717, 1.165) is 0 Å². The number of para-hydroxylation sites is 2. The van der Waals surface area contributed by atoms with Gasteiger partial charge in [0.15, 0.2) is 11.0 Å². The summed E-state index contributed by atoms with van der Waals surface area (Å²) >= 11 is 0. The van der Waals surface area contributed by atoms with Gasteiger partial charge in [-0.15, -0.1) is 0 Å². The Balaban J connectivity index is 0.000000980. The van der Waals surface area contributed by atoms with E-state index in [1.807, 2.05) is 0 Å². The topological polar surface area (TPSA) is 8.81 Å². The van der Waals surface area contributed by atoms with Crippen molar-refractivity contribution in [2.24, 2.45) is 7.05 Å². The third kappa shape index (κ3) is 1.78. The van der Waals surface area contributed by atoms with E-state index in [1.54, 1.807) is 0 Å². The van der Waals surface area contributed by atoms with Crippen molar-refractivity contribution in [3.05, 3.63) is 30.6 Å². The van der Waals surface area contributed by atoms with Gasteiger partial charge in [-0.2, -0.15) is 0 Å². The van der Waals surface area contributed by atoms with Gasteiger partial charge >= 0.3 is 0 Å². The lowest BCUT2D eigenvalue weighted by molar-refractivity contribution is -0.645. The molecule has 2 rings (SSSR count). The number of halogens is 1. The molecular formula is C11H15IN2. The molecule has 1 aromatic carbocycles. The summed E-state index contributed by atoms with van der Waals surface area (Å²) in [6, 6.07) is 8.99. The Morgan fingerprint density at radius 2 is 1.86 bits per heavy atom. The zero-order valence-electron chi connectivity index (χ0n) is 8.74. The fourth-order valence-corrected chi connectivity index (χ4v) is 1.70. The molecule has 76 valence electrons. The molecular weight excluding hydrogens is 287 g/mol. The number of hydrogen-bond donors (Lipinski definition) is 0. The predicted molar refractivity (Wildman–Crippen MR) is 53.5 cm³/mol. The molecule has 1 heterocycles. The van der Waals surface area contributed by atoms with E-state index in [1.165, 1.54) is 11.0 Å². The van der Waals surface area contributed by atoms with Gasteiger partial charge in [-0.3, -0.25) is 0 Å². The highest BCUT2D eigenvalue weighted by molar-refractivity contribution is 5.71. The van der Waals surface area contributed by atoms with E-state index < -0.39 is 0 Å². The second kappa shape index (κ2) is 4.29. The molecule has 2 nitrogen and oxygen atoms in total. The normalized spacial score (nSPS) is 10.6. The van der Waals surface area contributed by atoms with Crippen molar-refractivity contribution in [3.8, 4) is 0 Å². The average molecular weight is 302 g/mol. The molecule has 0 saturated carbocycles. The Bertz CT molecular complexity index is 432. The molecule has 0 amide bonds. The molecule has 0 atom stereocenters. The lowest BCUT2D eigenvalue weighted by Gasteiger charge is -1.99. The molecule has 0 spiro atoms. The Kier molecular flexibility index (Phi) is 3.53. The molecule has 0 unspecified atom stereocenters. The molecule has 0 aliphatic carbocycles. The molecule has 0 aliphatic rings. The van der Waals surface area contributed by atoms with Crippen molar-refractivity contribution in [2.45, 2.75) is 19.9 Å². The predicted octanol–water partition coefficient (Wildman–Crippen LogP) is -0.949. The largest absolute Gasteiger partial charge is 1.00 e. The summed E-state index contributed by atoms with van der Waals surface area (Å²) in [7, 11) is 2.08. The lowest BCUT2D eigenvalue weighted by Crippen LogP contribution is -3.00. The van der Waals surface area contributed by atoms with E-state index >= 15 is 0 Å². The minimum Gasteiger partial charge on any atom is -1.00 e. The van der Waals surface area contributed by atoms with E-state index in [0.29, 0.717) is 6.04 Å². The third-order valence-electron chi connectivity index (χ3n) is 2.39. The zero-order valence-corrected chi connectivity index (χ0v) is 10.9. The van der Waals surface area contributed by atoms with Crippen LogP contribution in [0.15, 0.2) is 30.6 Å². The fraction of sp³-hybridized carbons (Fsp3) is 0.364. The first-order valence-electron chi connectivity index (χ1n) is 4.65. The molecule has 2 aromatic rings. The van der Waals surface area contributed by atoms with Crippen molar-refractivity contribution in [1.29, 1.82) is 0 Å². The van der Waals surface area contributed by atoms with Crippen LogP contribution in [0.3, 0.4) is 0 Å². The number of aromatic nitrogens is 2. The van der Waals surface area contributed by atoms with Crippen LogP contribution in [0, 0.1) is 0 Å². The number of benzene rings is 1. The van der Waals surface area contributed by atoms with Gasteiger partial charge in [0.05, 0.1) is 13.1 Å². The summed E-state index contributed by atoms with van der Waals surface area (Å²) in [6.45, 7) is 4.40. The van der Waals surface area contributed by atoms with Crippen molar-refractivity contribution in [2.75, 3.05) is 0 Å². The standard InChI is InChI=1S/C11H15N2.HI/c1-9(2)13-8-12(3)10-6-4-5-7-11(10)13;/h4-9H,1-3H3;1H/q+1;/p-1. The maximum atomic E-state index is 2.29. The van der Waals surface area contributed by atoms with Crippen LogP contribution in [0.5, 0.6) is 0 Å². The number of hydrogen-bond acceptors (Lipinski definition) is 0. The van der Waals surface area contributed by atoms with E-state index in [4.69, 9.17) is 0 Å². The molecule has 0 N–H and O–H groups in total. The number of imidazole rings is 1. The fourth-order valence-electron chi connectivity index (χ4n) is 1.70. The van der Waals surface area contributed by atoms with Crippen molar-refractivity contribution in [3.63, 3.8) is 0 Å². The van der Waals surface area contributed by atoms with Crippen LogP contribution in [0.1, 0.15) is 19.9 Å². The van der Waals surface area contributed by atoms with E-state index in [2.05, 4.69) is 60.6 Å². The van der Waals surface area contributed by atoms with Gasteiger partial charge in [-0.25, -0.2) is 9.13 Å². The van der Waals surface area contributed by atoms with Crippen molar-refractivity contribution in [1.82, 2.24) is 4.57 Å². The van der Waals surface area contributed by atoms with E-state index in [9.17, 15) is 0 Å². The maximum absolute atomic E-state index is 2.29. The first kappa shape index (κ1) is 11.5. The van der Waals surface area contributed by atoms with Gasteiger partial charge in [-0.05, 0) is 26.0 Å². The molecule has 3 heteroatoms. The molecule has 0 saturated heterocycles. The molecule has 0 radical (unpaired) electrons. The molecule has 0 bridgehead atoms.